The summed E-state index contributed by atoms with van der Waals surface area (Å²) in [6.45, 7) is 9.97. The van der Waals surface area contributed by atoms with E-state index in [2.05, 4.69) is 26.0 Å². The van der Waals surface area contributed by atoms with E-state index in [1.165, 1.54) is 25.7 Å². The van der Waals surface area contributed by atoms with Crippen LogP contribution in [0.25, 0.3) is 0 Å². The zero-order valence-corrected chi connectivity index (χ0v) is 20.0. The molecule has 0 radical (unpaired) electrons. The van der Waals surface area contributed by atoms with Crippen molar-refractivity contribution in [1.82, 2.24) is 4.90 Å². The summed E-state index contributed by atoms with van der Waals surface area (Å²) >= 11 is 0. The summed E-state index contributed by atoms with van der Waals surface area (Å²) in [6, 6.07) is 0.240. The molecule has 2 aliphatic carbocycles. The maximum atomic E-state index is 13.0. The molecule has 0 unspecified atom stereocenters. The van der Waals surface area contributed by atoms with Gasteiger partial charge in [0.05, 0.1) is 12.0 Å². The number of amides is 1. The van der Waals surface area contributed by atoms with Gasteiger partial charge in [0.2, 0.25) is 0 Å². The Kier molecular flexibility index (Phi) is 6.42. The van der Waals surface area contributed by atoms with Crippen LogP contribution in [0.2, 0.25) is 0 Å². The summed E-state index contributed by atoms with van der Waals surface area (Å²) < 4.78 is 11.5. The predicted molar refractivity (Wildman–Crippen MR) is 120 cm³/mol. The quantitative estimate of drug-likeness (QED) is 0.414. The van der Waals surface area contributed by atoms with Crippen LogP contribution >= 0.6 is 0 Å². The molecule has 0 aromatic heterocycles. The number of hydrogen-bond acceptors (Lipinski definition) is 4. The minimum absolute atomic E-state index is 0.0118. The molecule has 2 saturated carbocycles. The van der Waals surface area contributed by atoms with E-state index in [1.54, 1.807) is 0 Å². The van der Waals surface area contributed by atoms with Crippen molar-refractivity contribution in [3.63, 3.8) is 0 Å². The van der Waals surface area contributed by atoms with Gasteiger partial charge in [-0.3, -0.25) is 9.69 Å². The third kappa shape index (κ3) is 4.66. The first-order valence-electron chi connectivity index (χ1n) is 12.6. The number of esters is 1. The zero-order chi connectivity index (χ0) is 22.3. The standard InChI is InChI=1S/C26H41NO4/c1-16-9-8-11-19(27(16)25(29)31-26(3,4)5)13-14-21-20-12-7-6-10-18(20)15-22-23(21)17(2)30-24(22)28/h13-14,16-23H,6-12,15H2,1-5H3/b14-13+/t16-,17-,18+,19+,20-,21+,22-,23+/m0/s1. The fourth-order valence-corrected chi connectivity index (χ4v) is 6.89. The first-order chi connectivity index (χ1) is 14.7. The van der Waals surface area contributed by atoms with Crippen LogP contribution in [0.5, 0.6) is 0 Å². The molecule has 2 heterocycles. The number of ether oxygens (including phenoxy) is 2. The van der Waals surface area contributed by atoms with E-state index >= 15 is 0 Å². The van der Waals surface area contributed by atoms with Crippen LogP contribution in [0.3, 0.4) is 0 Å². The van der Waals surface area contributed by atoms with E-state index in [4.69, 9.17) is 9.47 Å². The van der Waals surface area contributed by atoms with Gasteiger partial charge in [0, 0.05) is 12.0 Å². The Hall–Kier alpha value is -1.52. The minimum Gasteiger partial charge on any atom is -0.462 e. The molecule has 5 nitrogen and oxygen atoms in total. The van der Waals surface area contributed by atoms with E-state index in [1.807, 2.05) is 25.7 Å². The monoisotopic (exact) mass is 431 g/mol. The number of piperidine rings is 1. The fourth-order valence-electron chi connectivity index (χ4n) is 6.89. The number of likely N-dealkylation sites (tertiary alicyclic amines) is 1. The van der Waals surface area contributed by atoms with Gasteiger partial charge >= 0.3 is 12.1 Å². The Bertz CT molecular complexity index is 711. The molecule has 174 valence electrons. The van der Waals surface area contributed by atoms with Gasteiger partial charge in [-0.15, -0.1) is 0 Å². The lowest BCUT2D eigenvalue weighted by Crippen LogP contribution is -2.50. The fraction of sp³-hybridized carbons (Fsp3) is 0.846. The van der Waals surface area contributed by atoms with Crippen molar-refractivity contribution in [3.05, 3.63) is 12.2 Å². The molecule has 0 aromatic carbocycles. The van der Waals surface area contributed by atoms with E-state index in [9.17, 15) is 9.59 Å². The average molecular weight is 432 g/mol. The summed E-state index contributed by atoms with van der Waals surface area (Å²) in [5.41, 5.74) is -0.495. The summed E-state index contributed by atoms with van der Waals surface area (Å²) in [5.74, 6) is 1.98. The Balaban J connectivity index is 1.57. The third-order valence-corrected chi connectivity index (χ3v) is 8.19. The van der Waals surface area contributed by atoms with Crippen molar-refractivity contribution in [2.24, 2.45) is 29.6 Å². The van der Waals surface area contributed by atoms with Gasteiger partial charge in [-0.05, 0) is 84.5 Å². The van der Waals surface area contributed by atoms with E-state index in [0.717, 1.165) is 25.7 Å². The SMILES string of the molecule is C[C@@H]1OC(=O)[C@H]2C[C@H]3CCCC[C@@H]3[C@@H](/C=C/[C@H]3CCC[C@H](C)N3C(=O)OC(C)(C)C)[C@@H]12. The van der Waals surface area contributed by atoms with Gasteiger partial charge in [-0.25, -0.2) is 4.79 Å². The smallest absolute Gasteiger partial charge is 0.411 e. The molecule has 8 atom stereocenters. The Morgan fingerprint density at radius 2 is 1.81 bits per heavy atom. The first kappa shape index (κ1) is 22.7. The third-order valence-electron chi connectivity index (χ3n) is 8.19. The highest BCUT2D eigenvalue weighted by molar-refractivity contribution is 5.75. The van der Waals surface area contributed by atoms with Crippen molar-refractivity contribution < 1.29 is 19.1 Å². The topological polar surface area (TPSA) is 55.8 Å². The predicted octanol–water partition coefficient (Wildman–Crippen LogP) is 5.72. The average Bonchev–Trinajstić information content (AvgIpc) is 2.97. The van der Waals surface area contributed by atoms with Gasteiger partial charge in [-0.1, -0.05) is 31.4 Å². The van der Waals surface area contributed by atoms with Crippen LogP contribution < -0.4 is 0 Å². The number of nitrogens with zero attached hydrogens (tertiary/aromatic N) is 1. The molecular weight excluding hydrogens is 390 g/mol. The Morgan fingerprint density at radius 3 is 2.55 bits per heavy atom. The molecule has 4 fully saturated rings. The van der Waals surface area contributed by atoms with Crippen LogP contribution in [-0.4, -0.2) is 40.8 Å². The molecule has 4 rings (SSSR count). The van der Waals surface area contributed by atoms with Crippen LogP contribution in [0.15, 0.2) is 12.2 Å². The maximum absolute atomic E-state index is 13.0. The molecule has 0 aromatic rings. The highest BCUT2D eigenvalue weighted by Crippen LogP contribution is 2.53. The van der Waals surface area contributed by atoms with Gasteiger partial charge in [0.15, 0.2) is 0 Å². The molecule has 0 N–H and O–H groups in total. The van der Waals surface area contributed by atoms with Crippen molar-refractivity contribution in [2.45, 2.75) is 110 Å². The van der Waals surface area contributed by atoms with Gasteiger partial charge < -0.3 is 9.47 Å². The molecule has 2 saturated heterocycles. The zero-order valence-electron chi connectivity index (χ0n) is 20.0. The van der Waals surface area contributed by atoms with Gasteiger partial charge in [0.25, 0.3) is 0 Å². The minimum atomic E-state index is -0.495. The van der Waals surface area contributed by atoms with E-state index in [-0.39, 0.29) is 42.1 Å². The molecular formula is C26H41NO4. The maximum Gasteiger partial charge on any atom is 0.411 e. The van der Waals surface area contributed by atoms with Gasteiger partial charge in [-0.2, -0.15) is 0 Å². The molecule has 2 aliphatic heterocycles. The van der Waals surface area contributed by atoms with Crippen molar-refractivity contribution in [1.29, 1.82) is 0 Å². The van der Waals surface area contributed by atoms with Crippen molar-refractivity contribution in [2.75, 3.05) is 0 Å². The molecule has 1 amide bonds. The van der Waals surface area contributed by atoms with Crippen LogP contribution in [-0.2, 0) is 14.3 Å². The lowest BCUT2D eigenvalue weighted by molar-refractivity contribution is -0.144. The summed E-state index contributed by atoms with van der Waals surface area (Å²) in [4.78, 5) is 27.5. The molecule has 31 heavy (non-hydrogen) atoms. The van der Waals surface area contributed by atoms with Crippen molar-refractivity contribution >= 4 is 12.1 Å². The largest absolute Gasteiger partial charge is 0.462 e. The number of carbonyl (C=O) groups excluding carboxylic acids is 2. The number of rotatable bonds is 2. The number of hydrogen-bond donors (Lipinski definition) is 0. The van der Waals surface area contributed by atoms with Crippen LogP contribution in [0, 0.1) is 29.6 Å². The second-order valence-corrected chi connectivity index (χ2v) is 11.5. The number of cyclic esters (lactones) is 1. The van der Waals surface area contributed by atoms with Crippen molar-refractivity contribution in [3.8, 4) is 0 Å². The Morgan fingerprint density at radius 1 is 1.06 bits per heavy atom. The van der Waals surface area contributed by atoms with E-state index < -0.39 is 5.60 Å². The summed E-state index contributed by atoms with van der Waals surface area (Å²) in [6.07, 6.45) is 13.6. The van der Waals surface area contributed by atoms with Gasteiger partial charge in [0.1, 0.15) is 11.7 Å². The first-order valence-corrected chi connectivity index (χ1v) is 12.6. The highest BCUT2D eigenvalue weighted by Gasteiger charge is 2.53. The second-order valence-electron chi connectivity index (χ2n) is 11.5. The lowest BCUT2D eigenvalue weighted by atomic mass is 9.57. The Labute approximate surface area is 187 Å². The number of fused-ring (bicyclic) bond motifs is 2. The summed E-state index contributed by atoms with van der Waals surface area (Å²) in [5, 5.41) is 0. The normalized spacial score (nSPS) is 40.9. The molecule has 0 spiro atoms. The number of allylic oxidation sites excluding steroid dienone is 1. The molecule has 4 aliphatic rings. The highest BCUT2D eigenvalue weighted by atomic mass is 16.6. The van der Waals surface area contributed by atoms with Crippen LogP contribution in [0.1, 0.15) is 86.0 Å². The number of carbonyl (C=O) groups is 2. The van der Waals surface area contributed by atoms with Crippen LogP contribution in [0.4, 0.5) is 4.79 Å². The summed E-state index contributed by atoms with van der Waals surface area (Å²) in [7, 11) is 0. The molecule has 0 bridgehead atoms. The lowest BCUT2D eigenvalue weighted by Gasteiger charge is -2.46. The van der Waals surface area contributed by atoms with E-state index in [0.29, 0.717) is 17.8 Å². The second kappa shape index (κ2) is 8.78. The molecule has 5 heteroatoms.